The average molecular weight is 439 g/mol. The molecule has 0 nitrogen and oxygen atoms in total. The fourth-order valence-corrected chi connectivity index (χ4v) is 10.8. The second-order valence-corrected chi connectivity index (χ2v) is 15.5. The van der Waals surface area contributed by atoms with Gasteiger partial charge >= 0.3 is 0 Å². The van der Waals surface area contributed by atoms with Gasteiger partial charge in [-0.25, -0.2) is 0 Å². The van der Waals surface area contributed by atoms with Gasteiger partial charge in [0.2, 0.25) is 0 Å². The molecule has 1 heteroatoms. The Morgan fingerprint density at radius 3 is 0.700 bits per heavy atom. The number of unbranched alkanes of at least 4 members (excludes halogenated alkanes) is 17. The third-order valence-corrected chi connectivity index (χ3v) is 13.1. The van der Waals surface area contributed by atoms with Crippen molar-refractivity contribution in [2.24, 2.45) is 0 Å². The predicted octanol–water partition coefficient (Wildman–Crippen LogP) is 11.7. The van der Waals surface area contributed by atoms with Crippen LogP contribution in [-0.2, 0) is 0 Å². The predicted molar refractivity (Wildman–Crippen MR) is 145 cm³/mol. The van der Waals surface area contributed by atoms with Gasteiger partial charge < -0.3 is 0 Å². The highest BCUT2D eigenvalue weighted by atomic mass is 28.3. The Hall–Kier alpha value is 0.217. The van der Waals surface area contributed by atoms with Crippen LogP contribution in [0.4, 0.5) is 0 Å². The van der Waals surface area contributed by atoms with E-state index in [0.29, 0.717) is 0 Å². The van der Waals surface area contributed by atoms with E-state index < -0.39 is 8.07 Å². The number of rotatable bonds is 25. The van der Waals surface area contributed by atoms with Crippen LogP contribution in [0.1, 0.15) is 163 Å². The van der Waals surface area contributed by atoms with Gasteiger partial charge in [0.05, 0.1) is 8.07 Å². The van der Waals surface area contributed by atoms with E-state index in [2.05, 4.69) is 27.7 Å². The van der Waals surface area contributed by atoms with Crippen molar-refractivity contribution >= 4 is 8.07 Å². The molecule has 0 heterocycles. The van der Waals surface area contributed by atoms with Crippen molar-refractivity contribution in [2.45, 2.75) is 187 Å². The maximum Gasteiger partial charge on any atom is 0.0535 e. The van der Waals surface area contributed by atoms with Crippen LogP contribution < -0.4 is 0 Å². The molecule has 0 N–H and O–H groups in total. The summed E-state index contributed by atoms with van der Waals surface area (Å²) in [6.07, 6.45) is 31.1. The van der Waals surface area contributed by atoms with Gasteiger partial charge in [-0.05, 0) is 0 Å². The molecular formula is C29H62Si. The Morgan fingerprint density at radius 2 is 0.467 bits per heavy atom. The van der Waals surface area contributed by atoms with Crippen molar-refractivity contribution in [3.63, 3.8) is 0 Å². The minimum absolute atomic E-state index is 1.04. The smallest absolute Gasteiger partial charge is 0.0535 e. The lowest BCUT2D eigenvalue weighted by molar-refractivity contribution is 0.609. The van der Waals surface area contributed by atoms with Gasteiger partial charge in [0.1, 0.15) is 0 Å². The van der Waals surface area contributed by atoms with Crippen LogP contribution in [-0.4, -0.2) is 8.07 Å². The van der Waals surface area contributed by atoms with Gasteiger partial charge in [0.15, 0.2) is 0 Å². The molecule has 0 radical (unpaired) electrons. The van der Waals surface area contributed by atoms with Crippen molar-refractivity contribution in [2.75, 3.05) is 0 Å². The van der Waals surface area contributed by atoms with E-state index in [1.807, 2.05) is 0 Å². The van der Waals surface area contributed by atoms with Gasteiger partial charge in [0.25, 0.3) is 0 Å². The molecule has 0 saturated carbocycles. The summed E-state index contributed by atoms with van der Waals surface area (Å²) in [5.74, 6) is 0. The minimum atomic E-state index is -1.04. The average Bonchev–Trinajstić information content (AvgIpc) is 2.75. The zero-order chi connectivity index (χ0) is 22.2. The molecule has 0 aliphatic rings. The van der Waals surface area contributed by atoms with E-state index in [-0.39, 0.29) is 0 Å². The van der Waals surface area contributed by atoms with Gasteiger partial charge in [-0.2, -0.15) is 0 Å². The van der Waals surface area contributed by atoms with Crippen LogP contribution in [0.25, 0.3) is 0 Å². The standard InChI is InChI=1S/C29H62Si/c1-5-9-13-17-21-25-29-30(26-22-18-14-10-6-2,27-23-19-15-11-7-3)28-24-20-16-12-8-4/h5-29H2,1-4H3. The third-order valence-electron chi connectivity index (χ3n) is 7.49. The van der Waals surface area contributed by atoms with Gasteiger partial charge in [0, 0.05) is 0 Å². The first-order valence-corrected chi connectivity index (χ1v) is 17.6. The normalized spacial score (nSPS) is 12.0. The Bertz CT molecular complexity index is 275. The van der Waals surface area contributed by atoms with Gasteiger partial charge in [-0.3, -0.25) is 0 Å². The Labute approximate surface area is 194 Å². The zero-order valence-corrected chi connectivity index (χ0v) is 23.2. The number of hydrogen-bond donors (Lipinski definition) is 0. The largest absolute Gasteiger partial charge is 0.0654 e. The van der Waals surface area contributed by atoms with Crippen LogP contribution in [0.2, 0.25) is 24.2 Å². The molecule has 30 heavy (non-hydrogen) atoms. The summed E-state index contributed by atoms with van der Waals surface area (Å²) in [7, 11) is -1.04. The molecule has 0 rings (SSSR count). The molecule has 0 aliphatic carbocycles. The van der Waals surface area contributed by atoms with Gasteiger partial charge in [-0.15, -0.1) is 0 Å². The SMILES string of the molecule is CCCCCCCC[Si](CCCCCCC)(CCCCCCC)CCCCCCC. The topological polar surface area (TPSA) is 0 Å². The molecule has 0 aromatic rings. The lowest BCUT2D eigenvalue weighted by Crippen LogP contribution is -2.34. The Morgan fingerprint density at radius 1 is 0.267 bits per heavy atom. The second kappa shape index (κ2) is 23.9. The lowest BCUT2D eigenvalue weighted by Gasteiger charge is -2.33. The molecule has 0 atom stereocenters. The van der Waals surface area contributed by atoms with Crippen LogP contribution in [0.15, 0.2) is 0 Å². The van der Waals surface area contributed by atoms with Crippen LogP contribution in [0.5, 0.6) is 0 Å². The Kier molecular flexibility index (Phi) is 24.0. The molecule has 0 unspecified atom stereocenters. The lowest BCUT2D eigenvalue weighted by atomic mass is 10.1. The molecule has 0 amide bonds. The molecule has 182 valence electrons. The fourth-order valence-electron chi connectivity index (χ4n) is 5.34. The third kappa shape index (κ3) is 18.9. The van der Waals surface area contributed by atoms with E-state index in [1.165, 1.54) is 109 Å². The van der Waals surface area contributed by atoms with Crippen LogP contribution in [0.3, 0.4) is 0 Å². The fraction of sp³-hybridized carbons (Fsp3) is 1.00. The highest BCUT2D eigenvalue weighted by Gasteiger charge is 2.30. The summed E-state index contributed by atoms with van der Waals surface area (Å²) in [4.78, 5) is 0. The minimum Gasteiger partial charge on any atom is -0.0654 e. The van der Waals surface area contributed by atoms with E-state index >= 15 is 0 Å². The Balaban J connectivity index is 4.69. The van der Waals surface area contributed by atoms with E-state index in [0.717, 1.165) is 0 Å². The van der Waals surface area contributed by atoms with Gasteiger partial charge in [-0.1, -0.05) is 187 Å². The first kappa shape index (κ1) is 30.2. The molecular weight excluding hydrogens is 376 g/mol. The molecule has 0 fully saturated rings. The number of hydrogen-bond acceptors (Lipinski definition) is 0. The van der Waals surface area contributed by atoms with Crippen molar-refractivity contribution in [1.82, 2.24) is 0 Å². The molecule has 0 aromatic heterocycles. The summed E-state index contributed by atoms with van der Waals surface area (Å²) < 4.78 is 0. The first-order valence-electron chi connectivity index (χ1n) is 14.7. The van der Waals surface area contributed by atoms with E-state index in [9.17, 15) is 0 Å². The summed E-state index contributed by atoms with van der Waals surface area (Å²) in [5.41, 5.74) is 0. The molecule has 0 aliphatic heterocycles. The zero-order valence-electron chi connectivity index (χ0n) is 22.2. The maximum absolute atomic E-state index is 2.35. The van der Waals surface area contributed by atoms with Crippen molar-refractivity contribution in [1.29, 1.82) is 0 Å². The van der Waals surface area contributed by atoms with Crippen molar-refractivity contribution in [3.8, 4) is 0 Å². The van der Waals surface area contributed by atoms with Crippen molar-refractivity contribution in [3.05, 3.63) is 0 Å². The highest BCUT2D eigenvalue weighted by Crippen LogP contribution is 2.35. The summed E-state index contributed by atoms with van der Waals surface area (Å²) in [6.45, 7) is 9.39. The van der Waals surface area contributed by atoms with Crippen LogP contribution in [0, 0.1) is 0 Å². The molecule has 0 saturated heterocycles. The summed E-state index contributed by atoms with van der Waals surface area (Å²) >= 11 is 0. The maximum atomic E-state index is 2.35. The summed E-state index contributed by atoms with van der Waals surface area (Å²) in [6, 6.07) is 6.70. The first-order chi connectivity index (χ1) is 14.7. The van der Waals surface area contributed by atoms with E-state index in [1.54, 1.807) is 49.9 Å². The van der Waals surface area contributed by atoms with Crippen LogP contribution >= 0.6 is 0 Å². The molecule has 0 bridgehead atoms. The quantitative estimate of drug-likeness (QED) is 0.0981. The van der Waals surface area contributed by atoms with Crippen molar-refractivity contribution < 1.29 is 0 Å². The molecule has 0 spiro atoms. The molecule has 0 aromatic carbocycles. The van der Waals surface area contributed by atoms with E-state index in [4.69, 9.17) is 0 Å². The highest BCUT2D eigenvalue weighted by molar-refractivity contribution is 6.79. The summed E-state index contributed by atoms with van der Waals surface area (Å²) in [5, 5.41) is 0. The monoisotopic (exact) mass is 438 g/mol. The second-order valence-electron chi connectivity index (χ2n) is 10.5.